The summed E-state index contributed by atoms with van der Waals surface area (Å²) < 4.78 is 0. The highest BCUT2D eigenvalue weighted by molar-refractivity contribution is 6.03. The van der Waals surface area contributed by atoms with E-state index in [4.69, 9.17) is 0 Å². The molecule has 1 unspecified atom stereocenters. The van der Waals surface area contributed by atoms with Crippen molar-refractivity contribution in [3.8, 4) is 11.1 Å². The number of nitrogens with one attached hydrogen (secondary N) is 1. The molecule has 3 heteroatoms. The molecule has 1 aromatic carbocycles. The van der Waals surface area contributed by atoms with Crippen LogP contribution in [0.2, 0.25) is 0 Å². The second-order valence-electron chi connectivity index (χ2n) is 4.25. The van der Waals surface area contributed by atoms with Gasteiger partial charge in [-0.25, -0.2) is 0 Å². The molecule has 1 N–H and O–H groups in total. The standard InChI is InChI=1S/C14H12N2O/c1-9-12-7-10(11-3-2-6-15-8-11)4-5-13(12)16-14(9)17/h2-9H,1H3,(H,16,17). The molecule has 1 aliphatic heterocycles. The first-order valence-corrected chi connectivity index (χ1v) is 5.61. The van der Waals surface area contributed by atoms with E-state index in [0.717, 1.165) is 22.4 Å². The van der Waals surface area contributed by atoms with Gasteiger partial charge in [-0.05, 0) is 41.8 Å². The summed E-state index contributed by atoms with van der Waals surface area (Å²) in [5.41, 5.74) is 4.16. The van der Waals surface area contributed by atoms with Crippen LogP contribution < -0.4 is 5.32 Å². The van der Waals surface area contributed by atoms with E-state index in [1.165, 1.54) is 0 Å². The van der Waals surface area contributed by atoms with Crippen LogP contribution in [0.5, 0.6) is 0 Å². The zero-order chi connectivity index (χ0) is 11.8. The Balaban J connectivity index is 2.09. The zero-order valence-corrected chi connectivity index (χ0v) is 9.47. The van der Waals surface area contributed by atoms with Gasteiger partial charge in [-0.1, -0.05) is 12.1 Å². The Morgan fingerprint density at radius 1 is 1.24 bits per heavy atom. The molecule has 0 radical (unpaired) electrons. The number of pyridine rings is 1. The maximum atomic E-state index is 11.6. The van der Waals surface area contributed by atoms with E-state index < -0.39 is 0 Å². The minimum absolute atomic E-state index is 0.0679. The van der Waals surface area contributed by atoms with Crippen molar-refractivity contribution in [3.63, 3.8) is 0 Å². The molecule has 3 rings (SSSR count). The number of benzene rings is 1. The topological polar surface area (TPSA) is 42.0 Å². The van der Waals surface area contributed by atoms with Crippen LogP contribution in [0.1, 0.15) is 18.4 Å². The molecule has 0 saturated heterocycles. The van der Waals surface area contributed by atoms with Crippen molar-refractivity contribution in [1.29, 1.82) is 0 Å². The summed E-state index contributed by atoms with van der Waals surface area (Å²) in [6.45, 7) is 1.92. The minimum atomic E-state index is -0.0679. The molecule has 1 atom stereocenters. The molecule has 0 bridgehead atoms. The maximum Gasteiger partial charge on any atom is 0.231 e. The normalized spacial score (nSPS) is 17.7. The van der Waals surface area contributed by atoms with E-state index in [9.17, 15) is 4.79 Å². The van der Waals surface area contributed by atoms with Gasteiger partial charge in [0.05, 0.1) is 5.92 Å². The fourth-order valence-corrected chi connectivity index (χ4v) is 2.13. The number of carbonyl (C=O) groups is 1. The van der Waals surface area contributed by atoms with Crippen molar-refractivity contribution in [2.45, 2.75) is 12.8 Å². The molecule has 0 saturated carbocycles. The monoisotopic (exact) mass is 224 g/mol. The molecular formula is C14H12N2O. The van der Waals surface area contributed by atoms with Crippen molar-refractivity contribution in [3.05, 3.63) is 48.3 Å². The Labute approximate surface area is 99.5 Å². The number of hydrogen-bond donors (Lipinski definition) is 1. The lowest BCUT2D eigenvalue weighted by Crippen LogP contribution is -2.08. The maximum absolute atomic E-state index is 11.6. The Morgan fingerprint density at radius 3 is 2.88 bits per heavy atom. The third kappa shape index (κ3) is 1.60. The fourth-order valence-electron chi connectivity index (χ4n) is 2.13. The lowest BCUT2D eigenvalue weighted by Gasteiger charge is -2.05. The number of carbonyl (C=O) groups excluding carboxylic acids is 1. The van der Waals surface area contributed by atoms with Gasteiger partial charge in [0.15, 0.2) is 0 Å². The summed E-state index contributed by atoms with van der Waals surface area (Å²) in [5, 5.41) is 2.87. The number of aromatic nitrogens is 1. The number of rotatable bonds is 1. The van der Waals surface area contributed by atoms with Crippen LogP contribution in [-0.4, -0.2) is 10.9 Å². The van der Waals surface area contributed by atoms with Crippen molar-refractivity contribution in [2.75, 3.05) is 5.32 Å². The predicted molar refractivity (Wildman–Crippen MR) is 66.7 cm³/mol. The van der Waals surface area contributed by atoms with E-state index in [0.29, 0.717) is 0 Å². The Morgan fingerprint density at radius 2 is 2.12 bits per heavy atom. The highest BCUT2D eigenvalue weighted by Gasteiger charge is 2.26. The van der Waals surface area contributed by atoms with Crippen molar-refractivity contribution in [1.82, 2.24) is 4.98 Å². The first-order valence-electron chi connectivity index (χ1n) is 5.61. The molecule has 1 amide bonds. The van der Waals surface area contributed by atoms with Gasteiger partial charge in [-0.15, -0.1) is 0 Å². The van der Waals surface area contributed by atoms with Crippen molar-refractivity contribution in [2.24, 2.45) is 0 Å². The Kier molecular flexibility index (Phi) is 2.18. The van der Waals surface area contributed by atoms with E-state index in [-0.39, 0.29) is 11.8 Å². The lowest BCUT2D eigenvalue weighted by atomic mass is 9.98. The van der Waals surface area contributed by atoms with Crippen LogP contribution in [-0.2, 0) is 4.79 Å². The van der Waals surface area contributed by atoms with Crippen LogP contribution in [0.4, 0.5) is 5.69 Å². The van der Waals surface area contributed by atoms with Gasteiger partial charge >= 0.3 is 0 Å². The Bertz CT molecular complexity index is 578. The predicted octanol–water partition coefficient (Wildman–Crippen LogP) is 2.80. The SMILES string of the molecule is CC1C(=O)Nc2ccc(-c3cccnc3)cc21. The quantitative estimate of drug-likeness (QED) is 0.809. The van der Waals surface area contributed by atoms with Crippen LogP contribution in [0.25, 0.3) is 11.1 Å². The molecule has 0 spiro atoms. The molecule has 1 aliphatic rings. The second-order valence-corrected chi connectivity index (χ2v) is 4.25. The largest absolute Gasteiger partial charge is 0.325 e. The summed E-state index contributed by atoms with van der Waals surface area (Å²) in [6.07, 6.45) is 3.58. The van der Waals surface area contributed by atoms with Gasteiger partial charge in [0.2, 0.25) is 5.91 Å². The molecule has 1 aromatic heterocycles. The first kappa shape index (κ1) is 10.0. The second kappa shape index (κ2) is 3.70. The average molecular weight is 224 g/mol. The molecular weight excluding hydrogens is 212 g/mol. The highest BCUT2D eigenvalue weighted by Crippen LogP contribution is 2.35. The molecule has 0 fully saturated rings. The number of fused-ring (bicyclic) bond motifs is 1. The number of nitrogens with zero attached hydrogens (tertiary/aromatic N) is 1. The van der Waals surface area contributed by atoms with E-state index in [1.54, 1.807) is 6.20 Å². The van der Waals surface area contributed by atoms with Crippen LogP contribution >= 0.6 is 0 Å². The molecule has 0 aliphatic carbocycles. The van der Waals surface area contributed by atoms with Gasteiger partial charge in [-0.2, -0.15) is 0 Å². The van der Waals surface area contributed by atoms with Crippen LogP contribution in [0, 0.1) is 0 Å². The van der Waals surface area contributed by atoms with Gasteiger partial charge in [0.1, 0.15) is 0 Å². The molecule has 84 valence electrons. The summed E-state index contributed by atoms with van der Waals surface area (Å²) in [4.78, 5) is 15.7. The summed E-state index contributed by atoms with van der Waals surface area (Å²) in [6, 6.07) is 9.96. The smallest absolute Gasteiger partial charge is 0.231 e. The van der Waals surface area contributed by atoms with Gasteiger partial charge in [-0.3, -0.25) is 9.78 Å². The number of hydrogen-bond acceptors (Lipinski definition) is 2. The van der Waals surface area contributed by atoms with Gasteiger partial charge in [0.25, 0.3) is 0 Å². The number of amides is 1. The fraction of sp³-hybridized carbons (Fsp3) is 0.143. The van der Waals surface area contributed by atoms with Gasteiger partial charge in [0, 0.05) is 18.1 Å². The molecule has 2 heterocycles. The molecule has 2 aromatic rings. The summed E-state index contributed by atoms with van der Waals surface area (Å²) in [5.74, 6) is 0.00459. The van der Waals surface area contributed by atoms with Crippen molar-refractivity contribution < 1.29 is 4.79 Å². The minimum Gasteiger partial charge on any atom is -0.325 e. The summed E-state index contributed by atoms with van der Waals surface area (Å²) in [7, 11) is 0. The zero-order valence-electron chi connectivity index (χ0n) is 9.47. The first-order chi connectivity index (χ1) is 8.25. The van der Waals surface area contributed by atoms with Crippen LogP contribution in [0.15, 0.2) is 42.7 Å². The third-order valence-electron chi connectivity index (χ3n) is 3.16. The molecule has 3 nitrogen and oxygen atoms in total. The van der Waals surface area contributed by atoms with Crippen molar-refractivity contribution >= 4 is 11.6 Å². The highest BCUT2D eigenvalue weighted by atomic mass is 16.2. The van der Waals surface area contributed by atoms with E-state index in [1.807, 2.05) is 37.4 Å². The van der Waals surface area contributed by atoms with E-state index in [2.05, 4.69) is 16.4 Å². The molecule has 17 heavy (non-hydrogen) atoms. The van der Waals surface area contributed by atoms with Crippen LogP contribution in [0.3, 0.4) is 0 Å². The van der Waals surface area contributed by atoms with E-state index >= 15 is 0 Å². The average Bonchev–Trinajstić information content (AvgIpc) is 2.66. The number of anilines is 1. The summed E-state index contributed by atoms with van der Waals surface area (Å²) >= 11 is 0. The Hall–Kier alpha value is -2.16. The lowest BCUT2D eigenvalue weighted by molar-refractivity contribution is -0.116. The van der Waals surface area contributed by atoms with Gasteiger partial charge < -0.3 is 5.32 Å². The third-order valence-corrected chi connectivity index (χ3v) is 3.16.